The fourth-order valence-corrected chi connectivity index (χ4v) is 2.95. The molecular formula is C18H23ClN2O2. The van der Waals surface area contributed by atoms with Crippen molar-refractivity contribution in [1.82, 2.24) is 10.6 Å². The van der Waals surface area contributed by atoms with E-state index >= 15 is 0 Å². The molecule has 1 saturated heterocycles. The largest absolute Gasteiger partial charge is 0.461 e. The minimum atomic E-state index is -0.0614. The molecule has 1 aromatic carbocycles. The number of amides is 1. The van der Waals surface area contributed by atoms with Gasteiger partial charge in [0.1, 0.15) is 11.5 Å². The van der Waals surface area contributed by atoms with Gasteiger partial charge in [-0.3, -0.25) is 4.79 Å². The molecule has 5 heteroatoms. The molecule has 1 aliphatic heterocycles. The van der Waals surface area contributed by atoms with E-state index in [1.165, 1.54) is 12.8 Å². The molecule has 124 valence electrons. The van der Waals surface area contributed by atoms with E-state index in [4.69, 9.17) is 4.42 Å². The fraction of sp³-hybridized carbons (Fsp3) is 0.389. The third kappa shape index (κ3) is 4.36. The van der Waals surface area contributed by atoms with Gasteiger partial charge in [-0.2, -0.15) is 0 Å². The minimum absolute atomic E-state index is 0. The molecule has 2 N–H and O–H groups in total. The lowest BCUT2D eigenvalue weighted by Gasteiger charge is -2.10. The van der Waals surface area contributed by atoms with E-state index in [0.717, 1.165) is 24.3 Å². The first-order valence-electron chi connectivity index (χ1n) is 7.91. The SMILES string of the molecule is Cc1cc(C(=O)NCC[C@@H]2CCCN2)c(-c2ccccc2)o1.Cl. The lowest BCUT2D eigenvalue weighted by Crippen LogP contribution is -2.30. The maximum atomic E-state index is 12.4. The molecule has 0 spiro atoms. The summed E-state index contributed by atoms with van der Waals surface area (Å²) in [7, 11) is 0. The summed E-state index contributed by atoms with van der Waals surface area (Å²) in [4.78, 5) is 12.4. The summed E-state index contributed by atoms with van der Waals surface area (Å²) in [6.45, 7) is 3.65. The summed E-state index contributed by atoms with van der Waals surface area (Å²) in [6, 6.07) is 12.1. The molecule has 4 nitrogen and oxygen atoms in total. The molecule has 1 aromatic heterocycles. The Morgan fingerprint density at radius 2 is 2.13 bits per heavy atom. The number of carbonyl (C=O) groups excluding carboxylic acids is 1. The Labute approximate surface area is 143 Å². The number of furan rings is 1. The van der Waals surface area contributed by atoms with Gasteiger partial charge in [0, 0.05) is 18.2 Å². The van der Waals surface area contributed by atoms with Gasteiger partial charge >= 0.3 is 0 Å². The first-order valence-corrected chi connectivity index (χ1v) is 7.91. The van der Waals surface area contributed by atoms with Gasteiger partial charge in [0.05, 0.1) is 5.56 Å². The van der Waals surface area contributed by atoms with Crippen LogP contribution < -0.4 is 10.6 Å². The molecule has 0 bridgehead atoms. The molecule has 0 saturated carbocycles. The summed E-state index contributed by atoms with van der Waals surface area (Å²) in [5.41, 5.74) is 1.54. The van der Waals surface area contributed by atoms with Crippen LogP contribution in [0.1, 0.15) is 35.4 Å². The highest BCUT2D eigenvalue weighted by molar-refractivity contribution is 5.99. The van der Waals surface area contributed by atoms with E-state index in [1.54, 1.807) is 0 Å². The maximum Gasteiger partial charge on any atom is 0.255 e. The first kappa shape index (κ1) is 17.6. The topological polar surface area (TPSA) is 54.3 Å². The van der Waals surface area contributed by atoms with Crippen molar-refractivity contribution >= 4 is 18.3 Å². The van der Waals surface area contributed by atoms with Crippen molar-refractivity contribution < 1.29 is 9.21 Å². The lowest BCUT2D eigenvalue weighted by molar-refractivity contribution is 0.0952. The van der Waals surface area contributed by atoms with Crippen molar-refractivity contribution in [2.75, 3.05) is 13.1 Å². The molecule has 0 radical (unpaired) electrons. The van der Waals surface area contributed by atoms with Crippen molar-refractivity contribution in [1.29, 1.82) is 0 Å². The smallest absolute Gasteiger partial charge is 0.255 e. The number of rotatable bonds is 5. The van der Waals surface area contributed by atoms with E-state index in [9.17, 15) is 4.79 Å². The average molecular weight is 335 g/mol. The van der Waals surface area contributed by atoms with Crippen LogP contribution >= 0.6 is 12.4 Å². The second-order valence-corrected chi connectivity index (χ2v) is 5.80. The van der Waals surface area contributed by atoms with Crippen molar-refractivity contribution in [2.45, 2.75) is 32.2 Å². The van der Waals surface area contributed by atoms with Gasteiger partial charge < -0.3 is 15.1 Å². The average Bonchev–Trinajstić information content (AvgIpc) is 3.17. The Kier molecular flexibility index (Phi) is 6.25. The second kappa shape index (κ2) is 8.18. The molecule has 1 atom stereocenters. The van der Waals surface area contributed by atoms with Gasteiger partial charge in [-0.1, -0.05) is 30.3 Å². The van der Waals surface area contributed by atoms with Crippen LogP contribution in [-0.2, 0) is 0 Å². The van der Waals surface area contributed by atoms with E-state index in [0.29, 0.717) is 23.9 Å². The fourth-order valence-electron chi connectivity index (χ4n) is 2.95. The number of aryl methyl sites for hydroxylation is 1. The van der Waals surface area contributed by atoms with Gasteiger partial charge in [-0.25, -0.2) is 0 Å². The zero-order chi connectivity index (χ0) is 15.4. The zero-order valence-corrected chi connectivity index (χ0v) is 14.1. The first-order chi connectivity index (χ1) is 10.7. The third-order valence-electron chi connectivity index (χ3n) is 4.08. The van der Waals surface area contributed by atoms with Crippen LogP contribution in [0.5, 0.6) is 0 Å². The Morgan fingerprint density at radius 1 is 1.35 bits per heavy atom. The normalized spacial score (nSPS) is 16.8. The third-order valence-corrected chi connectivity index (χ3v) is 4.08. The molecule has 2 heterocycles. The molecule has 1 aliphatic rings. The highest BCUT2D eigenvalue weighted by Gasteiger charge is 2.19. The Balaban J connectivity index is 0.00000192. The maximum absolute atomic E-state index is 12.4. The van der Waals surface area contributed by atoms with Crippen LogP contribution in [0.3, 0.4) is 0 Å². The number of carbonyl (C=O) groups is 1. The van der Waals surface area contributed by atoms with Gasteiger partial charge in [0.2, 0.25) is 0 Å². The lowest BCUT2D eigenvalue weighted by atomic mass is 10.1. The summed E-state index contributed by atoms with van der Waals surface area (Å²) in [5, 5.41) is 6.45. The van der Waals surface area contributed by atoms with Crippen molar-refractivity contribution in [3.8, 4) is 11.3 Å². The quantitative estimate of drug-likeness (QED) is 0.879. The monoisotopic (exact) mass is 334 g/mol. The van der Waals surface area contributed by atoms with Crippen LogP contribution in [0.2, 0.25) is 0 Å². The van der Waals surface area contributed by atoms with Crippen LogP contribution in [-0.4, -0.2) is 25.0 Å². The highest BCUT2D eigenvalue weighted by atomic mass is 35.5. The number of halogens is 1. The second-order valence-electron chi connectivity index (χ2n) is 5.80. The Hall–Kier alpha value is -1.78. The Morgan fingerprint density at radius 3 is 2.83 bits per heavy atom. The van der Waals surface area contributed by atoms with Crippen molar-refractivity contribution in [3.63, 3.8) is 0 Å². The van der Waals surface area contributed by atoms with Gasteiger partial charge in [-0.15, -0.1) is 12.4 Å². The predicted octanol–water partition coefficient (Wildman–Crippen LogP) is 3.55. The number of hydrogen-bond donors (Lipinski definition) is 2. The molecule has 1 amide bonds. The summed E-state index contributed by atoms with van der Waals surface area (Å²) in [6.07, 6.45) is 3.41. The standard InChI is InChI=1S/C18H22N2O2.ClH/c1-13-12-16(17(22-13)14-6-3-2-4-7-14)18(21)20-11-9-15-8-5-10-19-15;/h2-4,6-7,12,15,19H,5,8-11H2,1H3,(H,20,21);1H/t15-;/m0./s1. The number of nitrogens with one attached hydrogen (secondary N) is 2. The van der Waals surface area contributed by atoms with Crippen LogP contribution in [0.25, 0.3) is 11.3 Å². The molecule has 2 aromatic rings. The zero-order valence-electron chi connectivity index (χ0n) is 13.3. The minimum Gasteiger partial charge on any atom is -0.461 e. The summed E-state index contributed by atoms with van der Waals surface area (Å²) < 4.78 is 5.73. The van der Waals surface area contributed by atoms with Crippen molar-refractivity contribution in [3.05, 3.63) is 47.7 Å². The Bertz CT molecular complexity index is 634. The summed E-state index contributed by atoms with van der Waals surface area (Å²) in [5.74, 6) is 1.34. The van der Waals surface area contributed by atoms with Crippen LogP contribution in [0, 0.1) is 6.92 Å². The highest BCUT2D eigenvalue weighted by Crippen LogP contribution is 2.27. The molecule has 23 heavy (non-hydrogen) atoms. The molecule has 1 fully saturated rings. The van der Waals surface area contributed by atoms with Crippen LogP contribution in [0.15, 0.2) is 40.8 Å². The van der Waals surface area contributed by atoms with E-state index in [-0.39, 0.29) is 18.3 Å². The molecule has 0 aliphatic carbocycles. The van der Waals surface area contributed by atoms with Crippen LogP contribution in [0.4, 0.5) is 0 Å². The van der Waals surface area contributed by atoms with Crippen molar-refractivity contribution in [2.24, 2.45) is 0 Å². The van der Waals surface area contributed by atoms with E-state index < -0.39 is 0 Å². The van der Waals surface area contributed by atoms with Gasteiger partial charge in [-0.05, 0) is 38.8 Å². The summed E-state index contributed by atoms with van der Waals surface area (Å²) >= 11 is 0. The molecule has 3 rings (SSSR count). The molecular weight excluding hydrogens is 312 g/mol. The van der Waals surface area contributed by atoms with Gasteiger partial charge in [0.25, 0.3) is 5.91 Å². The molecule has 0 unspecified atom stereocenters. The number of hydrogen-bond acceptors (Lipinski definition) is 3. The predicted molar refractivity (Wildman–Crippen MR) is 94.1 cm³/mol. The van der Waals surface area contributed by atoms with Gasteiger partial charge in [0.15, 0.2) is 0 Å². The number of benzene rings is 1. The van der Waals surface area contributed by atoms with E-state index in [1.807, 2.05) is 43.3 Å². The van der Waals surface area contributed by atoms with E-state index in [2.05, 4.69) is 10.6 Å².